The largest absolute Gasteiger partial charge is 0.369 e. The number of aliphatic imine (C=N–C) groups is 1. The van der Waals surface area contributed by atoms with Gasteiger partial charge in [0.2, 0.25) is 5.91 Å². The molecule has 1 saturated carbocycles. The quantitative estimate of drug-likeness (QED) is 0.809. The van der Waals surface area contributed by atoms with Gasteiger partial charge >= 0.3 is 0 Å². The van der Waals surface area contributed by atoms with E-state index in [4.69, 9.17) is 5.73 Å². The predicted molar refractivity (Wildman–Crippen MR) is 68.5 cm³/mol. The topological polar surface area (TPSA) is 58.7 Å². The van der Waals surface area contributed by atoms with Crippen LogP contribution in [-0.4, -0.2) is 28.9 Å². The van der Waals surface area contributed by atoms with Crippen molar-refractivity contribution < 1.29 is 4.79 Å². The second-order valence-electron chi connectivity index (χ2n) is 5.56. The van der Waals surface area contributed by atoms with E-state index in [-0.39, 0.29) is 11.4 Å². The van der Waals surface area contributed by atoms with Crippen molar-refractivity contribution in [3.8, 4) is 0 Å². The van der Waals surface area contributed by atoms with Crippen molar-refractivity contribution in [2.75, 3.05) is 6.54 Å². The SMILES string of the molecule is CCC1(CC)CC(=O)N(C[C@@H]2C[C@H]2C)C(N)=N1. The van der Waals surface area contributed by atoms with Gasteiger partial charge < -0.3 is 5.73 Å². The number of guanidine groups is 1. The van der Waals surface area contributed by atoms with Crippen LogP contribution in [0.5, 0.6) is 0 Å². The zero-order valence-electron chi connectivity index (χ0n) is 11.1. The highest BCUT2D eigenvalue weighted by molar-refractivity contribution is 5.99. The van der Waals surface area contributed by atoms with Gasteiger partial charge in [-0.05, 0) is 31.1 Å². The molecule has 1 aliphatic heterocycles. The molecule has 2 aliphatic rings. The molecular formula is C13H23N3O. The molecule has 2 N–H and O–H groups in total. The molecule has 0 spiro atoms. The lowest BCUT2D eigenvalue weighted by Gasteiger charge is -2.36. The van der Waals surface area contributed by atoms with Gasteiger partial charge in [0.15, 0.2) is 5.96 Å². The van der Waals surface area contributed by atoms with Crippen molar-refractivity contribution in [2.24, 2.45) is 22.6 Å². The molecule has 0 unspecified atom stereocenters. The third kappa shape index (κ3) is 2.31. The molecule has 2 rings (SSSR count). The Hall–Kier alpha value is -1.06. The van der Waals surface area contributed by atoms with Crippen LogP contribution in [-0.2, 0) is 4.79 Å². The van der Waals surface area contributed by atoms with Crippen LogP contribution in [0.1, 0.15) is 46.5 Å². The van der Waals surface area contributed by atoms with E-state index in [0.29, 0.717) is 18.3 Å². The number of hydrogen-bond acceptors (Lipinski definition) is 3. The summed E-state index contributed by atoms with van der Waals surface area (Å²) in [6.45, 7) is 7.13. The average molecular weight is 237 g/mol. The van der Waals surface area contributed by atoms with Crippen molar-refractivity contribution in [1.29, 1.82) is 0 Å². The molecule has 0 aromatic carbocycles. The Morgan fingerprint density at radius 3 is 2.47 bits per heavy atom. The lowest BCUT2D eigenvalue weighted by atomic mass is 9.88. The second-order valence-corrected chi connectivity index (χ2v) is 5.56. The summed E-state index contributed by atoms with van der Waals surface area (Å²) in [7, 11) is 0. The molecule has 0 aromatic heterocycles. The minimum absolute atomic E-state index is 0.153. The average Bonchev–Trinajstić information content (AvgIpc) is 2.99. The number of amides is 1. The number of hydrogen-bond donors (Lipinski definition) is 1. The van der Waals surface area contributed by atoms with Crippen LogP contribution in [0.15, 0.2) is 4.99 Å². The molecule has 4 heteroatoms. The van der Waals surface area contributed by atoms with E-state index in [1.807, 2.05) is 0 Å². The molecule has 2 atom stereocenters. The third-order valence-corrected chi connectivity index (χ3v) is 4.42. The highest BCUT2D eigenvalue weighted by atomic mass is 16.2. The molecule has 0 saturated heterocycles. The van der Waals surface area contributed by atoms with E-state index in [9.17, 15) is 4.79 Å². The van der Waals surface area contributed by atoms with Crippen LogP contribution in [0.2, 0.25) is 0 Å². The van der Waals surface area contributed by atoms with Crippen molar-refractivity contribution in [2.45, 2.75) is 52.0 Å². The zero-order valence-corrected chi connectivity index (χ0v) is 11.1. The Kier molecular flexibility index (Phi) is 3.15. The summed E-state index contributed by atoms with van der Waals surface area (Å²) in [6.07, 6.45) is 3.48. The standard InChI is InChI=1S/C13H23N3O/c1-4-13(5-2)7-11(17)16(12(14)15-13)8-10-6-9(10)3/h9-10H,4-8H2,1-3H3,(H2,14,15)/t9-,10+/m1/s1. The summed E-state index contributed by atoms with van der Waals surface area (Å²) in [5.41, 5.74) is 5.73. The monoisotopic (exact) mass is 237 g/mol. The Bertz CT molecular complexity index is 347. The molecule has 4 nitrogen and oxygen atoms in total. The van der Waals surface area contributed by atoms with Crippen molar-refractivity contribution in [1.82, 2.24) is 4.90 Å². The fraction of sp³-hybridized carbons (Fsp3) is 0.846. The minimum atomic E-state index is -0.243. The minimum Gasteiger partial charge on any atom is -0.369 e. The molecule has 1 amide bonds. The molecular weight excluding hydrogens is 214 g/mol. The predicted octanol–water partition coefficient (Wildman–Crippen LogP) is 1.75. The Morgan fingerprint density at radius 2 is 2.06 bits per heavy atom. The maximum absolute atomic E-state index is 12.2. The smallest absolute Gasteiger partial charge is 0.231 e. The van der Waals surface area contributed by atoms with E-state index >= 15 is 0 Å². The number of carbonyl (C=O) groups excluding carboxylic acids is 1. The van der Waals surface area contributed by atoms with E-state index in [0.717, 1.165) is 25.3 Å². The van der Waals surface area contributed by atoms with E-state index in [2.05, 4.69) is 25.8 Å². The van der Waals surface area contributed by atoms with Gasteiger partial charge in [-0.3, -0.25) is 9.69 Å². The van der Waals surface area contributed by atoms with Gasteiger partial charge in [0.1, 0.15) is 0 Å². The molecule has 1 fully saturated rings. The second kappa shape index (κ2) is 4.31. The first kappa shape index (κ1) is 12.4. The van der Waals surface area contributed by atoms with E-state index in [1.54, 1.807) is 4.90 Å². The van der Waals surface area contributed by atoms with Gasteiger partial charge in [0.25, 0.3) is 0 Å². The Labute approximate surface area is 103 Å². The van der Waals surface area contributed by atoms with E-state index < -0.39 is 0 Å². The highest BCUT2D eigenvalue weighted by Gasteiger charge is 2.41. The van der Waals surface area contributed by atoms with Gasteiger partial charge in [-0.2, -0.15) is 0 Å². The summed E-state index contributed by atoms with van der Waals surface area (Å²) >= 11 is 0. The summed E-state index contributed by atoms with van der Waals surface area (Å²) < 4.78 is 0. The maximum atomic E-state index is 12.2. The van der Waals surface area contributed by atoms with Crippen LogP contribution < -0.4 is 5.73 Å². The van der Waals surface area contributed by atoms with Crippen molar-refractivity contribution >= 4 is 11.9 Å². The van der Waals surface area contributed by atoms with Crippen LogP contribution >= 0.6 is 0 Å². The van der Waals surface area contributed by atoms with Crippen molar-refractivity contribution in [3.05, 3.63) is 0 Å². The molecule has 17 heavy (non-hydrogen) atoms. The van der Waals surface area contributed by atoms with Crippen molar-refractivity contribution in [3.63, 3.8) is 0 Å². The first-order chi connectivity index (χ1) is 8.01. The van der Waals surface area contributed by atoms with Crippen LogP contribution in [0, 0.1) is 11.8 Å². The summed E-state index contributed by atoms with van der Waals surface area (Å²) in [5.74, 6) is 1.95. The summed E-state index contributed by atoms with van der Waals surface area (Å²) in [5, 5.41) is 0. The Morgan fingerprint density at radius 1 is 1.47 bits per heavy atom. The normalized spacial score (nSPS) is 31.4. The Balaban J connectivity index is 2.12. The fourth-order valence-electron chi connectivity index (χ4n) is 2.59. The van der Waals surface area contributed by atoms with Crippen LogP contribution in [0.3, 0.4) is 0 Å². The third-order valence-electron chi connectivity index (χ3n) is 4.42. The lowest BCUT2D eigenvalue weighted by molar-refractivity contribution is -0.129. The molecule has 1 aliphatic carbocycles. The maximum Gasteiger partial charge on any atom is 0.231 e. The molecule has 0 radical (unpaired) electrons. The molecule has 1 heterocycles. The van der Waals surface area contributed by atoms with Gasteiger partial charge in [-0.1, -0.05) is 20.8 Å². The van der Waals surface area contributed by atoms with Gasteiger partial charge in [0.05, 0.1) is 12.0 Å². The van der Waals surface area contributed by atoms with E-state index in [1.165, 1.54) is 6.42 Å². The fourth-order valence-corrected chi connectivity index (χ4v) is 2.59. The number of nitrogens with zero attached hydrogens (tertiary/aromatic N) is 2. The highest BCUT2D eigenvalue weighted by Crippen LogP contribution is 2.39. The summed E-state index contributed by atoms with van der Waals surface area (Å²) in [4.78, 5) is 18.5. The molecule has 96 valence electrons. The number of carbonyl (C=O) groups is 1. The van der Waals surface area contributed by atoms with Crippen LogP contribution in [0.4, 0.5) is 0 Å². The van der Waals surface area contributed by atoms with Gasteiger partial charge in [-0.25, -0.2) is 4.99 Å². The summed E-state index contributed by atoms with van der Waals surface area (Å²) in [6, 6.07) is 0. The van der Waals surface area contributed by atoms with Gasteiger partial charge in [-0.15, -0.1) is 0 Å². The van der Waals surface area contributed by atoms with Crippen LogP contribution in [0.25, 0.3) is 0 Å². The molecule has 0 bridgehead atoms. The zero-order chi connectivity index (χ0) is 12.6. The number of nitrogens with two attached hydrogens (primary N) is 1. The first-order valence-corrected chi connectivity index (χ1v) is 6.67. The lowest BCUT2D eigenvalue weighted by Crippen LogP contribution is -2.52. The molecule has 0 aromatic rings. The van der Waals surface area contributed by atoms with Gasteiger partial charge in [0, 0.05) is 6.54 Å². The first-order valence-electron chi connectivity index (χ1n) is 6.67. The number of rotatable bonds is 4.